The highest BCUT2D eigenvalue weighted by molar-refractivity contribution is 6.30. The van der Waals surface area contributed by atoms with Crippen LogP contribution in [0.4, 0.5) is 0 Å². The molecule has 0 aliphatic carbocycles. The SMILES string of the molecule is COCCOC(=O)c1c(C)n(-c2cccc(Cl)c2)c2ccc(O)cc12. The molecule has 0 aliphatic rings. The van der Waals surface area contributed by atoms with E-state index in [9.17, 15) is 9.90 Å². The van der Waals surface area contributed by atoms with E-state index in [1.165, 1.54) is 0 Å². The van der Waals surface area contributed by atoms with Crippen molar-refractivity contribution in [2.45, 2.75) is 6.92 Å². The fourth-order valence-corrected chi connectivity index (χ4v) is 3.09. The highest BCUT2D eigenvalue weighted by Crippen LogP contribution is 2.32. The molecule has 1 N–H and O–H groups in total. The first-order valence-corrected chi connectivity index (χ1v) is 8.16. The molecule has 2 aromatic carbocycles. The van der Waals surface area contributed by atoms with E-state index < -0.39 is 5.97 Å². The Balaban J connectivity index is 2.18. The zero-order valence-corrected chi connectivity index (χ0v) is 14.7. The van der Waals surface area contributed by atoms with Crippen molar-refractivity contribution in [2.24, 2.45) is 0 Å². The maximum absolute atomic E-state index is 12.6. The number of phenolic OH excluding ortho intramolecular Hbond substituents is 1. The van der Waals surface area contributed by atoms with Crippen LogP contribution in [0.15, 0.2) is 42.5 Å². The van der Waals surface area contributed by atoms with Crippen molar-refractivity contribution in [1.82, 2.24) is 4.57 Å². The molecule has 0 aliphatic heterocycles. The number of benzene rings is 2. The van der Waals surface area contributed by atoms with Crippen LogP contribution in [0, 0.1) is 6.92 Å². The van der Waals surface area contributed by atoms with Gasteiger partial charge < -0.3 is 19.1 Å². The Bertz CT molecular complexity index is 933. The number of ether oxygens (including phenoxy) is 2. The number of aromatic nitrogens is 1. The lowest BCUT2D eigenvalue weighted by Crippen LogP contribution is -2.11. The van der Waals surface area contributed by atoms with Crippen LogP contribution in [0.3, 0.4) is 0 Å². The molecule has 6 heteroatoms. The van der Waals surface area contributed by atoms with Crippen molar-refractivity contribution in [3.8, 4) is 11.4 Å². The molecule has 0 spiro atoms. The molecule has 0 fully saturated rings. The Labute approximate surface area is 150 Å². The predicted octanol–water partition coefficient (Wildman–Crippen LogP) is 4.10. The zero-order valence-electron chi connectivity index (χ0n) is 14.0. The number of phenols is 1. The molecule has 5 nitrogen and oxygen atoms in total. The highest BCUT2D eigenvalue weighted by atomic mass is 35.5. The summed E-state index contributed by atoms with van der Waals surface area (Å²) in [6, 6.07) is 12.3. The third kappa shape index (κ3) is 3.34. The molecule has 0 unspecified atom stereocenters. The van der Waals surface area contributed by atoms with E-state index in [2.05, 4.69) is 0 Å². The second-order valence-electron chi connectivity index (χ2n) is 5.61. The second kappa shape index (κ2) is 7.17. The monoisotopic (exact) mass is 359 g/mol. The number of carbonyl (C=O) groups is 1. The number of aromatic hydroxyl groups is 1. The summed E-state index contributed by atoms with van der Waals surface area (Å²) in [5.74, 6) is -0.368. The normalized spacial score (nSPS) is 11.0. The number of rotatable bonds is 5. The number of carbonyl (C=O) groups excluding carboxylic acids is 1. The number of halogens is 1. The van der Waals surface area contributed by atoms with Gasteiger partial charge in [0, 0.05) is 28.9 Å². The highest BCUT2D eigenvalue weighted by Gasteiger charge is 2.22. The van der Waals surface area contributed by atoms with Crippen LogP contribution in [-0.2, 0) is 9.47 Å². The molecule has 0 radical (unpaired) electrons. The van der Waals surface area contributed by atoms with Gasteiger partial charge in [-0.3, -0.25) is 0 Å². The van der Waals surface area contributed by atoms with Gasteiger partial charge in [0.15, 0.2) is 0 Å². The Morgan fingerprint density at radius 2 is 2.00 bits per heavy atom. The van der Waals surface area contributed by atoms with Gasteiger partial charge in [0.25, 0.3) is 0 Å². The Morgan fingerprint density at radius 3 is 2.72 bits per heavy atom. The minimum Gasteiger partial charge on any atom is -0.508 e. The molecule has 130 valence electrons. The minimum atomic E-state index is -0.453. The summed E-state index contributed by atoms with van der Waals surface area (Å²) < 4.78 is 12.1. The van der Waals surface area contributed by atoms with E-state index in [-0.39, 0.29) is 12.4 Å². The molecule has 25 heavy (non-hydrogen) atoms. The summed E-state index contributed by atoms with van der Waals surface area (Å²) in [4.78, 5) is 12.6. The summed E-state index contributed by atoms with van der Waals surface area (Å²) >= 11 is 6.12. The van der Waals surface area contributed by atoms with Crippen molar-refractivity contribution in [1.29, 1.82) is 0 Å². The quantitative estimate of drug-likeness (QED) is 0.550. The predicted molar refractivity (Wildman–Crippen MR) is 96.8 cm³/mol. The number of nitrogens with zero attached hydrogens (tertiary/aromatic N) is 1. The lowest BCUT2D eigenvalue weighted by atomic mass is 10.1. The lowest BCUT2D eigenvalue weighted by molar-refractivity contribution is 0.0389. The topological polar surface area (TPSA) is 60.7 Å². The standard InChI is InChI=1S/C19H18ClNO4/c1-12-18(19(23)25-9-8-24-2)16-11-15(22)6-7-17(16)21(12)14-5-3-4-13(20)10-14/h3-7,10-11,22H,8-9H2,1-2H3. The molecule has 0 amide bonds. The van der Waals surface area contributed by atoms with Gasteiger partial charge in [0.2, 0.25) is 0 Å². The number of methoxy groups -OCH3 is 1. The van der Waals surface area contributed by atoms with Gasteiger partial charge in [-0.25, -0.2) is 4.79 Å². The molecule has 1 aromatic heterocycles. The minimum absolute atomic E-state index is 0.0849. The molecular formula is C19H18ClNO4. The Kier molecular flexibility index (Phi) is 4.97. The van der Waals surface area contributed by atoms with Crippen LogP contribution < -0.4 is 0 Å². The molecule has 0 saturated carbocycles. The average Bonchev–Trinajstić information content (AvgIpc) is 2.86. The van der Waals surface area contributed by atoms with Crippen LogP contribution in [-0.4, -0.2) is 36.0 Å². The van der Waals surface area contributed by atoms with Gasteiger partial charge >= 0.3 is 5.97 Å². The van der Waals surface area contributed by atoms with E-state index in [0.717, 1.165) is 11.2 Å². The van der Waals surface area contributed by atoms with Crippen LogP contribution in [0.25, 0.3) is 16.6 Å². The summed E-state index contributed by atoms with van der Waals surface area (Å²) in [6.45, 7) is 2.32. The van der Waals surface area contributed by atoms with Crippen LogP contribution in [0.1, 0.15) is 16.1 Å². The largest absolute Gasteiger partial charge is 0.508 e. The van der Waals surface area contributed by atoms with Gasteiger partial charge in [-0.1, -0.05) is 17.7 Å². The van der Waals surface area contributed by atoms with E-state index in [1.807, 2.05) is 29.7 Å². The fraction of sp³-hybridized carbons (Fsp3) is 0.211. The van der Waals surface area contributed by atoms with Gasteiger partial charge in [0.05, 0.1) is 17.7 Å². The summed E-state index contributed by atoms with van der Waals surface area (Å²) in [5.41, 5.74) is 2.75. The second-order valence-corrected chi connectivity index (χ2v) is 6.04. The summed E-state index contributed by atoms with van der Waals surface area (Å²) in [7, 11) is 1.54. The van der Waals surface area contributed by atoms with Crippen molar-refractivity contribution in [3.05, 3.63) is 58.7 Å². The Morgan fingerprint density at radius 1 is 1.20 bits per heavy atom. The fourth-order valence-electron chi connectivity index (χ4n) is 2.90. The number of hydrogen-bond acceptors (Lipinski definition) is 4. The molecule has 0 atom stereocenters. The van der Waals surface area contributed by atoms with Gasteiger partial charge in [-0.15, -0.1) is 0 Å². The number of hydrogen-bond donors (Lipinski definition) is 1. The van der Waals surface area contributed by atoms with Gasteiger partial charge in [-0.2, -0.15) is 0 Å². The van der Waals surface area contributed by atoms with E-state index in [0.29, 0.717) is 28.3 Å². The van der Waals surface area contributed by atoms with Crippen LogP contribution >= 0.6 is 11.6 Å². The lowest BCUT2D eigenvalue weighted by Gasteiger charge is -2.09. The average molecular weight is 360 g/mol. The zero-order chi connectivity index (χ0) is 18.0. The van der Waals surface area contributed by atoms with Gasteiger partial charge in [-0.05, 0) is 43.3 Å². The Hall–Kier alpha value is -2.50. The maximum atomic E-state index is 12.6. The smallest absolute Gasteiger partial charge is 0.340 e. The van der Waals surface area contributed by atoms with Crippen molar-refractivity contribution in [3.63, 3.8) is 0 Å². The van der Waals surface area contributed by atoms with Crippen molar-refractivity contribution < 1.29 is 19.4 Å². The third-order valence-corrected chi connectivity index (χ3v) is 4.21. The maximum Gasteiger partial charge on any atom is 0.340 e. The molecule has 3 rings (SSSR count). The molecular weight excluding hydrogens is 342 g/mol. The van der Waals surface area contributed by atoms with E-state index in [4.69, 9.17) is 21.1 Å². The molecule has 3 aromatic rings. The third-order valence-electron chi connectivity index (χ3n) is 3.98. The first-order chi connectivity index (χ1) is 12.0. The van der Waals surface area contributed by atoms with E-state index in [1.54, 1.807) is 31.4 Å². The molecule has 0 bridgehead atoms. The first-order valence-electron chi connectivity index (χ1n) is 7.79. The number of esters is 1. The van der Waals surface area contributed by atoms with Crippen molar-refractivity contribution in [2.75, 3.05) is 20.3 Å². The van der Waals surface area contributed by atoms with E-state index >= 15 is 0 Å². The molecule has 0 saturated heterocycles. The number of fused-ring (bicyclic) bond motifs is 1. The van der Waals surface area contributed by atoms with Crippen LogP contribution in [0.5, 0.6) is 5.75 Å². The summed E-state index contributed by atoms with van der Waals surface area (Å²) in [6.07, 6.45) is 0. The van der Waals surface area contributed by atoms with Gasteiger partial charge in [0.1, 0.15) is 12.4 Å². The van der Waals surface area contributed by atoms with Crippen LogP contribution in [0.2, 0.25) is 5.02 Å². The first kappa shape index (κ1) is 17.3. The summed E-state index contributed by atoms with van der Waals surface area (Å²) in [5, 5.41) is 11.1. The molecule has 1 heterocycles. The van der Waals surface area contributed by atoms with Crippen molar-refractivity contribution >= 4 is 28.5 Å².